The summed E-state index contributed by atoms with van der Waals surface area (Å²) in [6, 6.07) is 23.8. The molecule has 292 valence electrons. The number of nitrogens with zero attached hydrogens (tertiary/aromatic N) is 2. The number of hydrogen-bond donors (Lipinski definition) is 2. The van der Waals surface area contributed by atoms with E-state index in [2.05, 4.69) is 23.8 Å². The maximum absolute atomic E-state index is 12.5. The van der Waals surface area contributed by atoms with Gasteiger partial charge in [0.1, 0.15) is 23.0 Å². The average Bonchev–Trinajstić information content (AvgIpc) is 3.20. The summed E-state index contributed by atoms with van der Waals surface area (Å²) in [7, 11) is 0. The van der Waals surface area contributed by atoms with E-state index in [-0.39, 0.29) is 24.7 Å². The highest BCUT2D eigenvalue weighted by atomic mass is 16.5. The lowest BCUT2D eigenvalue weighted by atomic mass is 10.2. The van der Waals surface area contributed by atoms with Gasteiger partial charge in [-0.15, -0.1) is 0 Å². The summed E-state index contributed by atoms with van der Waals surface area (Å²) in [4.78, 5) is 33.8. The second kappa shape index (κ2) is 23.9. The van der Waals surface area contributed by atoms with Gasteiger partial charge in [-0.3, -0.25) is 9.98 Å². The van der Waals surface area contributed by atoms with Crippen molar-refractivity contribution in [2.45, 2.75) is 84.5 Å². The number of hydrogen-bond acceptors (Lipinski definition) is 10. The molecule has 55 heavy (non-hydrogen) atoms. The molecule has 0 heterocycles. The molecule has 0 radical (unpaired) electrons. The molecule has 0 saturated carbocycles. The van der Waals surface area contributed by atoms with Crippen molar-refractivity contribution in [3.8, 4) is 23.0 Å². The highest BCUT2D eigenvalue weighted by molar-refractivity contribution is 5.91. The van der Waals surface area contributed by atoms with Crippen molar-refractivity contribution in [2.24, 2.45) is 9.98 Å². The topological polar surface area (TPSA) is 136 Å². The first-order valence-electron chi connectivity index (χ1n) is 19.4. The minimum Gasteiger partial charge on any atom is -0.507 e. The van der Waals surface area contributed by atoms with Crippen molar-refractivity contribution in [3.63, 3.8) is 0 Å². The number of phenolic OH excluding ortho intramolecular Hbond substituents is 2. The Kier molecular flexibility index (Phi) is 18.3. The number of ether oxygens (including phenoxy) is 4. The highest BCUT2D eigenvalue weighted by Crippen LogP contribution is 2.25. The van der Waals surface area contributed by atoms with Crippen LogP contribution in [0.4, 0.5) is 11.4 Å². The average molecular weight is 751 g/mol. The Labute approximate surface area is 324 Å². The van der Waals surface area contributed by atoms with Gasteiger partial charge in [-0.2, -0.15) is 0 Å². The van der Waals surface area contributed by atoms with Crippen LogP contribution >= 0.6 is 0 Å². The molecule has 0 aliphatic carbocycles. The molecule has 0 fully saturated rings. The molecular formula is C45H54N2O8. The van der Waals surface area contributed by atoms with Crippen LogP contribution in [0.3, 0.4) is 0 Å². The fourth-order valence-electron chi connectivity index (χ4n) is 5.42. The molecule has 0 unspecified atom stereocenters. The molecule has 0 amide bonds. The molecule has 0 saturated heterocycles. The van der Waals surface area contributed by atoms with Crippen molar-refractivity contribution in [3.05, 3.63) is 107 Å². The summed E-state index contributed by atoms with van der Waals surface area (Å²) in [5, 5.41) is 20.7. The van der Waals surface area contributed by atoms with Crippen LogP contribution in [-0.4, -0.2) is 61.0 Å². The number of rotatable bonds is 24. The minimum absolute atomic E-state index is 0.0843. The van der Waals surface area contributed by atoms with Gasteiger partial charge in [-0.25, -0.2) is 9.59 Å². The van der Waals surface area contributed by atoms with E-state index in [0.29, 0.717) is 71.2 Å². The van der Waals surface area contributed by atoms with Gasteiger partial charge in [0.05, 0.1) is 48.9 Å². The van der Waals surface area contributed by atoms with Crippen molar-refractivity contribution in [2.75, 3.05) is 26.4 Å². The Hall–Kier alpha value is -5.64. The molecule has 2 N–H and O–H groups in total. The van der Waals surface area contributed by atoms with Crippen molar-refractivity contribution in [1.29, 1.82) is 0 Å². The van der Waals surface area contributed by atoms with Crippen LogP contribution in [0.1, 0.15) is 116 Å². The quantitative estimate of drug-likeness (QED) is 0.0410. The molecule has 4 aromatic carbocycles. The van der Waals surface area contributed by atoms with E-state index in [9.17, 15) is 19.8 Å². The summed E-state index contributed by atoms with van der Waals surface area (Å²) in [6.45, 7) is 6.08. The van der Waals surface area contributed by atoms with Crippen LogP contribution < -0.4 is 9.47 Å². The van der Waals surface area contributed by atoms with Crippen molar-refractivity contribution in [1.82, 2.24) is 0 Å². The Morgan fingerprint density at radius 3 is 1.27 bits per heavy atom. The molecular weight excluding hydrogens is 697 g/mol. The third-order valence-electron chi connectivity index (χ3n) is 8.70. The summed E-state index contributed by atoms with van der Waals surface area (Å²) in [5.74, 6) is 0.566. The molecule has 0 aliphatic rings. The predicted molar refractivity (Wildman–Crippen MR) is 217 cm³/mol. The van der Waals surface area contributed by atoms with E-state index < -0.39 is 11.9 Å². The third-order valence-corrected chi connectivity index (χ3v) is 8.70. The summed E-state index contributed by atoms with van der Waals surface area (Å²) >= 11 is 0. The van der Waals surface area contributed by atoms with E-state index in [0.717, 1.165) is 32.1 Å². The first kappa shape index (κ1) is 42.1. The van der Waals surface area contributed by atoms with E-state index in [4.69, 9.17) is 18.9 Å². The maximum Gasteiger partial charge on any atom is 0.338 e. The zero-order valence-electron chi connectivity index (χ0n) is 32.1. The van der Waals surface area contributed by atoms with Crippen LogP contribution in [0.2, 0.25) is 0 Å². The lowest BCUT2D eigenvalue weighted by molar-refractivity contribution is 0.0478. The standard InChI is InChI=1S/C45H54N2O8/c1-3-5-7-10-26-52-40-24-18-36(42(48)30-40)32-46-38-20-14-34(15-21-38)44(50)54-28-12-9-13-29-55-45(51)35-16-22-39(23-17-35)47-33-37-19-25-41(31-43(37)49)53-27-11-8-6-4-2/h14-25,30-33,48-49H,3-13,26-29H2,1-2H3. The van der Waals surface area contributed by atoms with Gasteiger partial charge < -0.3 is 29.2 Å². The number of carbonyl (C=O) groups excluding carboxylic acids is 2. The molecule has 10 heteroatoms. The number of aromatic hydroxyl groups is 2. The van der Waals surface area contributed by atoms with Crippen LogP contribution in [0, 0.1) is 0 Å². The Balaban J connectivity index is 1.09. The second-order valence-electron chi connectivity index (χ2n) is 13.2. The Morgan fingerprint density at radius 1 is 0.509 bits per heavy atom. The largest absolute Gasteiger partial charge is 0.507 e. The van der Waals surface area contributed by atoms with E-state index in [1.165, 1.54) is 25.7 Å². The third kappa shape index (κ3) is 15.3. The number of esters is 2. The lowest BCUT2D eigenvalue weighted by Crippen LogP contribution is -2.08. The van der Waals surface area contributed by atoms with Gasteiger partial charge in [-0.1, -0.05) is 52.4 Å². The molecule has 10 nitrogen and oxygen atoms in total. The zero-order chi connectivity index (χ0) is 39.1. The first-order chi connectivity index (χ1) is 26.9. The van der Waals surface area contributed by atoms with E-state index in [1.807, 2.05) is 12.1 Å². The van der Waals surface area contributed by atoms with Crippen LogP contribution in [0.5, 0.6) is 23.0 Å². The van der Waals surface area contributed by atoms with E-state index >= 15 is 0 Å². The summed E-state index contributed by atoms with van der Waals surface area (Å²) in [5.41, 5.74) is 3.21. The predicted octanol–water partition coefficient (Wildman–Crippen LogP) is 10.7. The molecule has 4 rings (SSSR count). The summed E-state index contributed by atoms with van der Waals surface area (Å²) < 4.78 is 22.2. The number of unbranched alkanes of at least 4 members (excludes halogenated alkanes) is 8. The van der Waals surface area contributed by atoms with Gasteiger partial charge >= 0.3 is 11.9 Å². The van der Waals surface area contributed by atoms with Gasteiger partial charge in [0.25, 0.3) is 0 Å². The summed E-state index contributed by atoms with van der Waals surface area (Å²) in [6.07, 6.45) is 14.1. The molecule has 0 atom stereocenters. The van der Waals surface area contributed by atoms with Crippen molar-refractivity contribution < 1.29 is 38.7 Å². The molecule has 0 aliphatic heterocycles. The molecule has 0 spiro atoms. The van der Waals surface area contributed by atoms with Crippen molar-refractivity contribution >= 4 is 35.7 Å². The first-order valence-corrected chi connectivity index (χ1v) is 19.4. The van der Waals surface area contributed by atoms with Gasteiger partial charge in [0, 0.05) is 35.7 Å². The van der Waals surface area contributed by atoms with E-state index in [1.54, 1.807) is 85.2 Å². The maximum atomic E-state index is 12.5. The number of benzene rings is 4. The fourth-order valence-corrected chi connectivity index (χ4v) is 5.42. The highest BCUT2D eigenvalue weighted by Gasteiger charge is 2.09. The van der Waals surface area contributed by atoms with Gasteiger partial charge in [0.15, 0.2) is 0 Å². The molecule has 4 aromatic rings. The minimum atomic E-state index is -0.425. The lowest BCUT2D eigenvalue weighted by Gasteiger charge is -2.08. The Morgan fingerprint density at radius 2 is 0.891 bits per heavy atom. The number of phenols is 2. The smallest absolute Gasteiger partial charge is 0.338 e. The second-order valence-corrected chi connectivity index (χ2v) is 13.2. The molecule has 0 aromatic heterocycles. The monoisotopic (exact) mass is 750 g/mol. The van der Waals surface area contributed by atoms with Crippen LogP contribution in [0.25, 0.3) is 0 Å². The fraction of sp³-hybridized carbons (Fsp3) is 0.378. The zero-order valence-corrected chi connectivity index (χ0v) is 32.1. The van der Waals surface area contributed by atoms with Gasteiger partial charge in [0.2, 0.25) is 0 Å². The normalized spacial score (nSPS) is 11.2. The number of carbonyl (C=O) groups is 2. The number of aliphatic imine (C=N–C) groups is 2. The van der Waals surface area contributed by atoms with Gasteiger partial charge in [-0.05, 0) is 105 Å². The molecule has 0 bridgehead atoms. The Bertz CT molecular complexity index is 1690. The SMILES string of the molecule is CCCCCCOc1ccc(C=Nc2ccc(C(=O)OCCCCCOC(=O)c3ccc(N=Cc4ccc(OCCCCCC)cc4O)cc3)cc2)c(O)c1. The van der Waals surface area contributed by atoms with Crippen LogP contribution in [0.15, 0.2) is 94.9 Å². The van der Waals surface area contributed by atoms with Crippen LogP contribution in [-0.2, 0) is 9.47 Å².